The molecule has 0 aliphatic heterocycles. The van der Waals surface area contributed by atoms with Crippen LogP contribution in [0.3, 0.4) is 0 Å². The van der Waals surface area contributed by atoms with Gasteiger partial charge in [-0.15, -0.1) is 5.10 Å². The lowest BCUT2D eigenvalue weighted by molar-refractivity contribution is 0.642. The third kappa shape index (κ3) is 4.29. The van der Waals surface area contributed by atoms with Gasteiger partial charge in [-0.25, -0.2) is 0 Å². The molecular weight excluding hydrogens is 238 g/mol. The van der Waals surface area contributed by atoms with Gasteiger partial charge in [-0.1, -0.05) is 32.2 Å². The van der Waals surface area contributed by atoms with Crippen LogP contribution in [0.5, 0.6) is 0 Å². The zero-order valence-corrected chi connectivity index (χ0v) is 12.1. The van der Waals surface area contributed by atoms with Crippen molar-refractivity contribution in [2.24, 2.45) is 5.92 Å². The highest BCUT2D eigenvalue weighted by Crippen LogP contribution is 2.27. The predicted molar refractivity (Wildman–Crippen MR) is 74.3 cm³/mol. The van der Waals surface area contributed by atoms with Gasteiger partial charge in [0.1, 0.15) is 10.7 Å². The maximum absolute atomic E-state index is 4.19. The summed E-state index contributed by atoms with van der Waals surface area (Å²) in [6, 6.07) is 0. The molecule has 1 N–H and O–H groups in total. The van der Waals surface area contributed by atoms with E-state index in [4.69, 9.17) is 0 Å². The normalized spacial score (nSPS) is 13.1. The molecule has 0 aliphatic rings. The summed E-state index contributed by atoms with van der Waals surface area (Å²) in [5, 5.41) is 9.37. The van der Waals surface area contributed by atoms with E-state index >= 15 is 0 Å². The Morgan fingerprint density at radius 3 is 2.75 bits per heavy atom. The Bertz CT molecular complexity index is 299. The van der Waals surface area contributed by atoms with Gasteiger partial charge in [0.2, 0.25) is 0 Å². The molecule has 5 heteroatoms. The number of nitrogens with one attached hydrogen (secondary N) is 1. The number of rotatable bonds is 7. The maximum Gasteiger partial charge on any atom is 0.134 e. The molecule has 0 spiro atoms. The summed E-state index contributed by atoms with van der Waals surface area (Å²) in [6.07, 6.45) is 1.13. The SMILES string of the molecule is CCCNc1snnc1CSC(C)C(C)C. The molecule has 0 radical (unpaired) electrons. The van der Waals surface area contributed by atoms with Gasteiger partial charge in [0.05, 0.1) is 0 Å². The third-order valence-electron chi connectivity index (χ3n) is 2.51. The molecule has 16 heavy (non-hydrogen) atoms. The van der Waals surface area contributed by atoms with Crippen molar-refractivity contribution in [3.63, 3.8) is 0 Å². The van der Waals surface area contributed by atoms with Crippen molar-refractivity contribution >= 4 is 28.3 Å². The smallest absolute Gasteiger partial charge is 0.134 e. The van der Waals surface area contributed by atoms with Crippen LogP contribution in [0.1, 0.15) is 39.8 Å². The van der Waals surface area contributed by atoms with E-state index in [-0.39, 0.29) is 0 Å². The quantitative estimate of drug-likeness (QED) is 0.811. The predicted octanol–water partition coefficient (Wildman–Crippen LogP) is 3.64. The van der Waals surface area contributed by atoms with Gasteiger partial charge in [0.15, 0.2) is 0 Å². The largest absolute Gasteiger partial charge is 0.374 e. The lowest BCUT2D eigenvalue weighted by atomic mass is 10.2. The number of aromatic nitrogens is 2. The molecular formula is C11H21N3S2. The Morgan fingerprint density at radius 1 is 1.38 bits per heavy atom. The van der Waals surface area contributed by atoms with E-state index in [1.165, 1.54) is 11.5 Å². The molecule has 3 nitrogen and oxygen atoms in total. The van der Waals surface area contributed by atoms with Crippen LogP contribution in [0.2, 0.25) is 0 Å². The number of nitrogens with zero attached hydrogens (tertiary/aromatic N) is 2. The summed E-state index contributed by atoms with van der Waals surface area (Å²) in [5.41, 5.74) is 1.11. The van der Waals surface area contributed by atoms with Crippen LogP contribution in [-0.4, -0.2) is 21.4 Å². The van der Waals surface area contributed by atoms with Gasteiger partial charge in [0, 0.05) is 29.1 Å². The topological polar surface area (TPSA) is 37.8 Å². The Labute approximate surface area is 107 Å². The standard InChI is InChI=1S/C11H21N3S2/c1-5-6-12-11-10(13-14-16-11)7-15-9(4)8(2)3/h8-9,12H,5-7H2,1-4H3. The van der Waals surface area contributed by atoms with Crippen LogP contribution >= 0.6 is 23.3 Å². The minimum absolute atomic E-state index is 0.667. The molecule has 0 bridgehead atoms. The van der Waals surface area contributed by atoms with Crippen molar-refractivity contribution in [1.29, 1.82) is 0 Å². The molecule has 0 saturated heterocycles. The second-order valence-corrected chi connectivity index (χ2v) is 6.36. The molecule has 0 fully saturated rings. The molecule has 1 aromatic heterocycles. The first-order valence-electron chi connectivity index (χ1n) is 5.81. The van der Waals surface area contributed by atoms with Crippen molar-refractivity contribution in [3.8, 4) is 0 Å². The third-order valence-corrected chi connectivity index (χ3v) is 4.75. The van der Waals surface area contributed by atoms with Crippen LogP contribution in [-0.2, 0) is 5.75 Å². The van der Waals surface area contributed by atoms with Crippen molar-refractivity contribution in [2.75, 3.05) is 11.9 Å². The highest BCUT2D eigenvalue weighted by Gasteiger charge is 2.12. The monoisotopic (exact) mass is 259 g/mol. The molecule has 1 atom stereocenters. The van der Waals surface area contributed by atoms with Crippen molar-refractivity contribution < 1.29 is 0 Å². The first kappa shape index (κ1) is 13.8. The van der Waals surface area contributed by atoms with Gasteiger partial charge in [-0.05, 0) is 12.3 Å². The van der Waals surface area contributed by atoms with E-state index in [0.29, 0.717) is 11.2 Å². The number of thioether (sulfide) groups is 1. The first-order chi connectivity index (χ1) is 7.65. The summed E-state index contributed by atoms with van der Waals surface area (Å²) in [7, 11) is 0. The number of hydrogen-bond acceptors (Lipinski definition) is 5. The van der Waals surface area contributed by atoms with E-state index in [1.807, 2.05) is 11.8 Å². The molecule has 0 saturated carbocycles. The average molecular weight is 259 g/mol. The zero-order chi connectivity index (χ0) is 12.0. The molecule has 1 heterocycles. The summed E-state index contributed by atoms with van der Waals surface area (Å²) in [6.45, 7) is 9.95. The first-order valence-corrected chi connectivity index (χ1v) is 7.64. The van der Waals surface area contributed by atoms with E-state index in [9.17, 15) is 0 Å². The number of hydrogen-bond donors (Lipinski definition) is 1. The highest BCUT2D eigenvalue weighted by atomic mass is 32.2. The van der Waals surface area contributed by atoms with Gasteiger partial charge in [-0.3, -0.25) is 0 Å². The van der Waals surface area contributed by atoms with Crippen molar-refractivity contribution in [3.05, 3.63) is 5.69 Å². The molecule has 1 unspecified atom stereocenters. The highest BCUT2D eigenvalue weighted by molar-refractivity contribution is 7.99. The molecule has 1 rings (SSSR count). The van der Waals surface area contributed by atoms with Gasteiger partial charge < -0.3 is 5.32 Å². The molecule has 0 aromatic carbocycles. The fraction of sp³-hybridized carbons (Fsp3) is 0.818. The Balaban J connectivity index is 2.44. The van der Waals surface area contributed by atoms with Gasteiger partial charge in [-0.2, -0.15) is 11.8 Å². The molecule has 1 aromatic rings. The Kier molecular flexibility index (Phi) is 6.13. The van der Waals surface area contributed by atoms with Crippen LogP contribution < -0.4 is 5.32 Å². The lowest BCUT2D eigenvalue weighted by Crippen LogP contribution is -2.07. The van der Waals surface area contributed by atoms with Crippen molar-refractivity contribution in [2.45, 2.75) is 45.1 Å². The molecule has 92 valence electrons. The van der Waals surface area contributed by atoms with Gasteiger partial charge >= 0.3 is 0 Å². The zero-order valence-electron chi connectivity index (χ0n) is 10.5. The summed E-state index contributed by atoms with van der Waals surface area (Å²) in [4.78, 5) is 0. The second-order valence-electron chi connectivity index (χ2n) is 4.24. The van der Waals surface area contributed by atoms with E-state index < -0.39 is 0 Å². The molecule has 0 aliphatic carbocycles. The average Bonchev–Trinajstić information content (AvgIpc) is 2.70. The summed E-state index contributed by atoms with van der Waals surface area (Å²) >= 11 is 3.42. The number of anilines is 1. The fourth-order valence-corrected chi connectivity index (χ4v) is 2.78. The van der Waals surface area contributed by atoms with Crippen LogP contribution in [0.15, 0.2) is 0 Å². The van der Waals surface area contributed by atoms with Gasteiger partial charge in [0.25, 0.3) is 0 Å². The van der Waals surface area contributed by atoms with E-state index in [1.54, 1.807) is 0 Å². The maximum atomic E-state index is 4.19. The van der Waals surface area contributed by atoms with Crippen LogP contribution in [0.25, 0.3) is 0 Å². The van der Waals surface area contributed by atoms with Crippen LogP contribution in [0, 0.1) is 5.92 Å². The second kappa shape index (κ2) is 7.12. The lowest BCUT2D eigenvalue weighted by Gasteiger charge is -2.14. The Hall–Kier alpha value is -0.290. The van der Waals surface area contributed by atoms with E-state index in [2.05, 4.69) is 42.6 Å². The minimum Gasteiger partial charge on any atom is -0.374 e. The van der Waals surface area contributed by atoms with Crippen molar-refractivity contribution in [1.82, 2.24) is 9.59 Å². The summed E-state index contributed by atoms with van der Waals surface area (Å²) < 4.78 is 4.01. The van der Waals surface area contributed by atoms with Crippen LogP contribution in [0.4, 0.5) is 5.00 Å². The molecule has 0 amide bonds. The summed E-state index contributed by atoms with van der Waals surface area (Å²) in [5.74, 6) is 1.67. The Morgan fingerprint density at radius 2 is 2.12 bits per heavy atom. The van der Waals surface area contributed by atoms with E-state index in [0.717, 1.165) is 29.4 Å². The minimum atomic E-state index is 0.667. The fourth-order valence-electron chi connectivity index (χ4n) is 1.08.